The minimum atomic E-state index is -0.967. The van der Waals surface area contributed by atoms with Gasteiger partial charge in [0.1, 0.15) is 5.52 Å². The molecule has 0 saturated heterocycles. The lowest BCUT2D eigenvalue weighted by atomic mass is 9.94. The Morgan fingerprint density at radius 3 is 2.58 bits per heavy atom. The Kier molecular flexibility index (Phi) is 5.60. The van der Waals surface area contributed by atoms with Gasteiger partial charge in [-0.3, -0.25) is 0 Å². The molecule has 0 bridgehead atoms. The molecule has 6 nitrogen and oxygen atoms in total. The van der Waals surface area contributed by atoms with Gasteiger partial charge in [-0.25, -0.2) is 14.8 Å². The van der Waals surface area contributed by atoms with E-state index in [1.807, 2.05) is 36.5 Å². The van der Waals surface area contributed by atoms with Gasteiger partial charge in [-0.1, -0.05) is 35.9 Å². The first-order valence-corrected chi connectivity index (χ1v) is 11.1. The summed E-state index contributed by atoms with van der Waals surface area (Å²) in [6.07, 6.45) is 4.28. The van der Waals surface area contributed by atoms with Crippen molar-refractivity contribution in [3.63, 3.8) is 0 Å². The van der Waals surface area contributed by atoms with Gasteiger partial charge in [0.2, 0.25) is 5.95 Å². The van der Waals surface area contributed by atoms with E-state index in [9.17, 15) is 9.90 Å². The van der Waals surface area contributed by atoms with E-state index in [1.54, 1.807) is 31.4 Å². The number of carboxylic acids is 1. The van der Waals surface area contributed by atoms with Gasteiger partial charge in [-0.2, -0.15) is 0 Å². The van der Waals surface area contributed by atoms with Gasteiger partial charge in [0.15, 0.2) is 5.75 Å². The predicted octanol–water partition coefficient (Wildman–Crippen LogP) is 6.15. The van der Waals surface area contributed by atoms with E-state index in [0.717, 1.165) is 34.2 Å². The number of halogens is 1. The first-order valence-electron chi connectivity index (χ1n) is 10.7. The Balaban J connectivity index is 1.72. The summed E-state index contributed by atoms with van der Waals surface area (Å²) in [5, 5.41) is 14.1. The fourth-order valence-electron chi connectivity index (χ4n) is 3.92. The van der Waals surface area contributed by atoms with Crippen molar-refractivity contribution in [3.05, 3.63) is 71.4 Å². The summed E-state index contributed by atoms with van der Waals surface area (Å²) in [5.41, 5.74) is 4.39. The van der Waals surface area contributed by atoms with E-state index < -0.39 is 5.97 Å². The zero-order chi connectivity index (χ0) is 22.9. The molecule has 1 saturated carbocycles. The number of ether oxygens (including phenoxy) is 1. The first kappa shape index (κ1) is 21.2. The van der Waals surface area contributed by atoms with Crippen LogP contribution in [0, 0.1) is 5.92 Å². The van der Waals surface area contributed by atoms with E-state index in [2.05, 4.69) is 10.3 Å². The van der Waals surface area contributed by atoms with Crippen LogP contribution in [-0.2, 0) is 0 Å². The third-order valence-electron chi connectivity index (χ3n) is 5.86. The molecule has 1 aliphatic rings. The van der Waals surface area contributed by atoms with Crippen molar-refractivity contribution in [1.29, 1.82) is 0 Å². The molecule has 0 amide bonds. The molecule has 1 aliphatic carbocycles. The average molecular weight is 460 g/mol. The molecule has 1 aromatic heterocycles. The monoisotopic (exact) mass is 459 g/mol. The maximum atomic E-state index is 11.3. The molecular formula is C26H22ClN3O3. The number of aromatic nitrogens is 2. The number of nitrogens with zero attached hydrogens (tertiary/aromatic N) is 2. The second-order valence-electron chi connectivity index (χ2n) is 8.18. The van der Waals surface area contributed by atoms with Crippen LogP contribution in [0.4, 0.5) is 5.95 Å². The Hall–Kier alpha value is -3.64. The Morgan fingerprint density at radius 2 is 1.91 bits per heavy atom. The van der Waals surface area contributed by atoms with Crippen LogP contribution in [0.2, 0.25) is 5.02 Å². The first-order chi connectivity index (χ1) is 16.0. The van der Waals surface area contributed by atoms with Crippen LogP contribution in [0.25, 0.3) is 33.2 Å². The number of fused-ring (bicyclic) bond motifs is 1. The molecule has 2 N–H and O–H groups in total. The quantitative estimate of drug-likeness (QED) is 0.345. The third kappa shape index (κ3) is 4.34. The lowest BCUT2D eigenvalue weighted by molar-refractivity contribution is 0.0697. The van der Waals surface area contributed by atoms with Gasteiger partial charge >= 0.3 is 5.97 Å². The average Bonchev–Trinajstić information content (AvgIpc) is 3.66. The molecular weight excluding hydrogens is 438 g/mol. The van der Waals surface area contributed by atoms with E-state index in [0.29, 0.717) is 28.2 Å². The predicted molar refractivity (Wildman–Crippen MR) is 130 cm³/mol. The van der Waals surface area contributed by atoms with Crippen molar-refractivity contribution in [2.75, 3.05) is 19.0 Å². The lowest BCUT2D eigenvalue weighted by Gasteiger charge is -2.17. The summed E-state index contributed by atoms with van der Waals surface area (Å²) in [5.74, 6) is 0.886. The smallest absolute Gasteiger partial charge is 0.335 e. The van der Waals surface area contributed by atoms with Gasteiger partial charge in [0.25, 0.3) is 0 Å². The van der Waals surface area contributed by atoms with E-state index in [-0.39, 0.29) is 5.56 Å². The van der Waals surface area contributed by atoms with Crippen LogP contribution >= 0.6 is 11.6 Å². The molecule has 5 rings (SSSR count). The van der Waals surface area contributed by atoms with E-state index in [4.69, 9.17) is 21.3 Å². The molecule has 3 aromatic carbocycles. The summed E-state index contributed by atoms with van der Waals surface area (Å²) >= 11 is 6.29. The SMILES string of the molecule is COc1c(-c2ccc(C(=O)O)cc2)cc(-c2cccc(Cl)c2)c2cnc(NCC3CC3)nc12. The van der Waals surface area contributed by atoms with E-state index >= 15 is 0 Å². The zero-order valence-corrected chi connectivity index (χ0v) is 18.8. The standard InChI is InChI=1S/C26H22ClN3O3/c1-33-24-21(16-7-9-17(10-8-16)25(31)32)12-20(18-3-2-4-19(27)11-18)22-14-29-26(30-23(22)24)28-13-15-5-6-15/h2-4,7-12,14-15H,5-6,13H2,1H3,(H,31,32)(H,28,29,30). The fourth-order valence-corrected chi connectivity index (χ4v) is 4.11. The summed E-state index contributed by atoms with van der Waals surface area (Å²) in [7, 11) is 1.61. The van der Waals surface area contributed by atoms with Crippen LogP contribution in [0.15, 0.2) is 60.8 Å². The Bertz CT molecular complexity index is 1350. The van der Waals surface area contributed by atoms with Crippen molar-refractivity contribution in [2.45, 2.75) is 12.8 Å². The lowest BCUT2D eigenvalue weighted by Crippen LogP contribution is -2.07. The zero-order valence-electron chi connectivity index (χ0n) is 18.0. The highest BCUT2D eigenvalue weighted by molar-refractivity contribution is 6.31. The highest BCUT2D eigenvalue weighted by atomic mass is 35.5. The summed E-state index contributed by atoms with van der Waals surface area (Å²) in [6.45, 7) is 0.852. The number of carbonyl (C=O) groups is 1. The number of rotatable bonds is 7. The fraction of sp³-hybridized carbons (Fsp3) is 0.192. The largest absolute Gasteiger partial charge is 0.494 e. The van der Waals surface area contributed by atoms with Crippen molar-refractivity contribution < 1.29 is 14.6 Å². The highest BCUT2D eigenvalue weighted by Gasteiger charge is 2.22. The van der Waals surface area contributed by atoms with Crippen molar-refractivity contribution >= 4 is 34.4 Å². The molecule has 4 aromatic rings. The number of anilines is 1. The van der Waals surface area contributed by atoms with Crippen LogP contribution in [-0.4, -0.2) is 34.7 Å². The second-order valence-corrected chi connectivity index (χ2v) is 8.61. The maximum absolute atomic E-state index is 11.3. The summed E-state index contributed by atoms with van der Waals surface area (Å²) in [6, 6.07) is 16.4. The molecule has 0 spiro atoms. The Morgan fingerprint density at radius 1 is 1.12 bits per heavy atom. The third-order valence-corrected chi connectivity index (χ3v) is 6.09. The number of carboxylic acid groups (broad SMARTS) is 1. The molecule has 7 heteroatoms. The van der Waals surface area contributed by atoms with E-state index in [1.165, 1.54) is 12.8 Å². The highest BCUT2D eigenvalue weighted by Crippen LogP contribution is 2.42. The van der Waals surface area contributed by atoms with Crippen LogP contribution < -0.4 is 10.1 Å². The number of hydrogen-bond donors (Lipinski definition) is 2. The van der Waals surface area contributed by atoms with Crippen molar-refractivity contribution in [3.8, 4) is 28.0 Å². The van der Waals surface area contributed by atoms with Gasteiger partial charge in [0.05, 0.1) is 12.7 Å². The summed E-state index contributed by atoms with van der Waals surface area (Å²) < 4.78 is 5.84. The van der Waals surface area contributed by atoms with Crippen LogP contribution in [0.5, 0.6) is 5.75 Å². The van der Waals surface area contributed by atoms with Gasteiger partial charge in [0, 0.05) is 28.7 Å². The molecule has 1 heterocycles. The van der Waals surface area contributed by atoms with Gasteiger partial charge in [-0.05, 0) is 65.8 Å². The normalized spacial score (nSPS) is 13.2. The number of benzene rings is 3. The Labute approximate surface area is 196 Å². The number of hydrogen-bond acceptors (Lipinski definition) is 5. The molecule has 166 valence electrons. The molecule has 0 aliphatic heterocycles. The van der Waals surface area contributed by atoms with Gasteiger partial charge < -0.3 is 15.2 Å². The van der Waals surface area contributed by atoms with Crippen molar-refractivity contribution in [1.82, 2.24) is 9.97 Å². The second kappa shape index (κ2) is 8.71. The molecule has 1 fully saturated rings. The molecule has 33 heavy (non-hydrogen) atoms. The number of nitrogens with one attached hydrogen (secondary N) is 1. The molecule has 0 radical (unpaired) electrons. The van der Waals surface area contributed by atoms with Gasteiger partial charge in [-0.15, -0.1) is 0 Å². The van der Waals surface area contributed by atoms with Crippen LogP contribution in [0.1, 0.15) is 23.2 Å². The number of aromatic carboxylic acids is 1. The minimum absolute atomic E-state index is 0.224. The van der Waals surface area contributed by atoms with Crippen LogP contribution in [0.3, 0.4) is 0 Å². The maximum Gasteiger partial charge on any atom is 0.335 e. The topological polar surface area (TPSA) is 84.3 Å². The minimum Gasteiger partial charge on any atom is -0.494 e. The molecule has 0 unspecified atom stereocenters. The van der Waals surface area contributed by atoms with Crippen molar-refractivity contribution in [2.24, 2.45) is 5.92 Å². The number of methoxy groups -OCH3 is 1. The summed E-state index contributed by atoms with van der Waals surface area (Å²) in [4.78, 5) is 20.7. The molecule has 0 atom stereocenters.